The van der Waals surface area contributed by atoms with Crippen molar-refractivity contribution in [1.82, 2.24) is 9.97 Å². The molecular formula is C28H32N2O7. The van der Waals surface area contributed by atoms with E-state index in [2.05, 4.69) is 9.97 Å². The van der Waals surface area contributed by atoms with Crippen molar-refractivity contribution in [2.24, 2.45) is 5.41 Å². The van der Waals surface area contributed by atoms with Crippen LogP contribution in [0.2, 0.25) is 0 Å². The Hall–Kier alpha value is -3.53. The van der Waals surface area contributed by atoms with Gasteiger partial charge in [0.05, 0.1) is 57.7 Å². The monoisotopic (exact) mass is 508 g/mol. The van der Waals surface area contributed by atoms with E-state index in [9.17, 15) is 4.79 Å². The number of ketones is 1. The van der Waals surface area contributed by atoms with Crippen molar-refractivity contribution in [2.75, 3.05) is 34.0 Å². The predicted molar refractivity (Wildman–Crippen MR) is 135 cm³/mol. The van der Waals surface area contributed by atoms with Gasteiger partial charge in [0.15, 0.2) is 11.6 Å². The summed E-state index contributed by atoms with van der Waals surface area (Å²) in [5, 5.41) is 0. The van der Waals surface area contributed by atoms with Crippen molar-refractivity contribution in [3.8, 4) is 23.5 Å². The van der Waals surface area contributed by atoms with E-state index in [1.807, 2.05) is 44.2 Å². The van der Waals surface area contributed by atoms with Crippen LogP contribution >= 0.6 is 0 Å². The van der Waals surface area contributed by atoms with E-state index in [-0.39, 0.29) is 35.9 Å². The number of nitrogens with zero attached hydrogens (tertiary/aromatic N) is 2. The van der Waals surface area contributed by atoms with Crippen LogP contribution < -0.4 is 14.2 Å². The Balaban J connectivity index is 1.69. The van der Waals surface area contributed by atoms with Gasteiger partial charge in [0.25, 0.3) is 0 Å². The summed E-state index contributed by atoms with van der Waals surface area (Å²) >= 11 is 0. The molecule has 0 N–H and O–H groups in total. The molecule has 0 saturated carbocycles. The third kappa shape index (κ3) is 6.07. The molecule has 1 fully saturated rings. The summed E-state index contributed by atoms with van der Waals surface area (Å²) in [6, 6.07) is 16.6. The van der Waals surface area contributed by atoms with Crippen molar-refractivity contribution < 1.29 is 33.2 Å². The fraction of sp³-hybridized carbons (Fsp3) is 0.393. The van der Waals surface area contributed by atoms with E-state index < -0.39 is 11.2 Å². The van der Waals surface area contributed by atoms with Crippen molar-refractivity contribution in [2.45, 2.75) is 33.2 Å². The molecule has 1 saturated heterocycles. The fourth-order valence-corrected chi connectivity index (χ4v) is 4.04. The number of carbonyl (C=O) groups is 1. The van der Waals surface area contributed by atoms with Gasteiger partial charge in [-0.3, -0.25) is 4.79 Å². The van der Waals surface area contributed by atoms with Crippen LogP contribution in [0.25, 0.3) is 0 Å². The maximum atomic E-state index is 14.1. The molecule has 3 aromatic rings. The molecule has 1 aliphatic heterocycles. The Morgan fingerprint density at radius 3 is 2.24 bits per heavy atom. The number of carbonyl (C=O) groups excluding carboxylic acids is 1. The molecule has 0 unspecified atom stereocenters. The maximum Gasteiger partial charge on any atom is 0.328 e. The summed E-state index contributed by atoms with van der Waals surface area (Å²) in [6.07, 6.45) is 0. The van der Waals surface area contributed by atoms with Crippen LogP contribution in [0.3, 0.4) is 0 Å². The van der Waals surface area contributed by atoms with Gasteiger partial charge in [0.2, 0.25) is 11.8 Å². The highest BCUT2D eigenvalue weighted by Crippen LogP contribution is 2.41. The first-order valence-electron chi connectivity index (χ1n) is 12.0. The van der Waals surface area contributed by atoms with Crippen molar-refractivity contribution in [1.29, 1.82) is 0 Å². The third-order valence-electron chi connectivity index (χ3n) is 6.05. The maximum absolute atomic E-state index is 14.1. The topological polar surface area (TPSA) is 98.2 Å². The second-order valence-corrected chi connectivity index (χ2v) is 9.35. The SMILES string of the molecule is COc1cc(OC)nc(Oc2cccc(C3(C)OCCO3)c2C(=O)C(C)(C)COCc2ccccc2)n1. The molecule has 0 bridgehead atoms. The Morgan fingerprint density at radius 1 is 0.973 bits per heavy atom. The van der Waals surface area contributed by atoms with Gasteiger partial charge in [-0.1, -0.05) is 56.3 Å². The summed E-state index contributed by atoms with van der Waals surface area (Å²) in [5.41, 5.74) is 0.994. The molecule has 2 heterocycles. The Labute approximate surface area is 216 Å². The standard InChI is InChI=1S/C28H32N2O7/c1-27(2,18-34-17-19-10-7-6-8-11-19)25(31)24-20(28(3)35-14-15-36-28)12-9-13-21(24)37-26-29-22(32-4)16-23(30-26)33-5/h6-13,16H,14-15,17-18H2,1-5H3. The lowest BCUT2D eigenvalue weighted by Gasteiger charge is -2.30. The van der Waals surface area contributed by atoms with Crippen LogP contribution in [0.4, 0.5) is 0 Å². The lowest BCUT2D eigenvalue weighted by molar-refractivity contribution is -0.150. The zero-order valence-electron chi connectivity index (χ0n) is 21.8. The lowest BCUT2D eigenvalue weighted by Crippen LogP contribution is -2.34. The van der Waals surface area contributed by atoms with Crippen LogP contribution in [0.5, 0.6) is 23.5 Å². The number of ether oxygens (including phenoxy) is 6. The first-order chi connectivity index (χ1) is 17.8. The summed E-state index contributed by atoms with van der Waals surface area (Å²) in [6.45, 7) is 6.87. The normalized spacial score (nSPS) is 14.8. The zero-order valence-corrected chi connectivity index (χ0v) is 21.8. The smallest absolute Gasteiger partial charge is 0.328 e. The van der Waals surface area contributed by atoms with Gasteiger partial charge >= 0.3 is 6.01 Å². The molecule has 0 radical (unpaired) electrons. The number of hydrogen-bond acceptors (Lipinski definition) is 9. The molecular weight excluding hydrogens is 476 g/mol. The Morgan fingerprint density at radius 2 is 1.62 bits per heavy atom. The van der Waals surface area contributed by atoms with Crippen LogP contribution in [-0.2, 0) is 26.6 Å². The van der Waals surface area contributed by atoms with Crippen molar-refractivity contribution in [3.63, 3.8) is 0 Å². The largest absolute Gasteiger partial charge is 0.481 e. The van der Waals surface area contributed by atoms with Gasteiger partial charge in [-0.2, -0.15) is 9.97 Å². The number of benzene rings is 2. The van der Waals surface area contributed by atoms with Crippen molar-refractivity contribution >= 4 is 5.78 Å². The Bertz CT molecular complexity index is 1200. The molecule has 4 rings (SSSR count). The predicted octanol–water partition coefficient (Wildman–Crippen LogP) is 4.93. The minimum absolute atomic E-state index is 0.0288. The highest BCUT2D eigenvalue weighted by Gasteiger charge is 2.41. The summed E-state index contributed by atoms with van der Waals surface area (Å²) in [4.78, 5) is 22.6. The van der Waals surface area contributed by atoms with Crippen LogP contribution in [0.1, 0.15) is 42.3 Å². The molecule has 196 valence electrons. The minimum Gasteiger partial charge on any atom is -0.481 e. The van der Waals surface area contributed by atoms with Gasteiger partial charge in [0.1, 0.15) is 5.75 Å². The first kappa shape index (κ1) is 26.5. The molecule has 0 spiro atoms. The molecule has 2 aromatic carbocycles. The van der Waals surface area contributed by atoms with Crippen LogP contribution in [0, 0.1) is 5.41 Å². The number of methoxy groups -OCH3 is 2. The second kappa shape index (κ2) is 11.2. The van der Waals surface area contributed by atoms with E-state index >= 15 is 0 Å². The van der Waals surface area contributed by atoms with E-state index in [4.69, 9.17) is 28.4 Å². The second-order valence-electron chi connectivity index (χ2n) is 9.35. The molecule has 9 heteroatoms. The quantitative estimate of drug-likeness (QED) is 0.334. The third-order valence-corrected chi connectivity index (χ3v) is 6.05. The van der Waals surface area contributed by atoms with Gasteiger partial charge in [0, 0.05) is 5.56 Å². The highest BCUT2D eigenvalue weighted by molar-refractivity contribution is 6.04. The first-order valence-corrected chi connectivity index (χ1v) is 12.0. The molecule has 1 aromatic heterocycles. The van der Waals surface area contributed by atoms with Gasteiger partial charge < -0.3 is 28.4 Å². The fourth-order valence-electron chi connectivity index (χ4n) is 4.04. The molecule has 0 amide bonds. The van der Waals surface area contributed by atoms with E-state index in [1.54, 1.807) is 25.1 Å². The van der Waals surface area contributed by atoms with E-state index in [0.29, 0.717) is 30.9 Å². The average Bonchev–Trinajstić information content (AvgIpc) is 3.36. The molecule has 0 atom stereocenters. The minimum atomic E-state index is -1.11. The molecule has 1 aliphatic rings. The summed E-state index contributed by atoms with van der Waals surface area (Å²) < 4.78 is 34.3. The van der Waals surface area contributed by atoms with Crippen LogP contribution in [-0.4, -0.2) is 49.8 Å². The molecule has 0 aliphatic carbocycles. The summed E-state index contributed by atoms with van der Waals surface area (Å²) in [5.74, 6) is -0.529. The van der Waals surface area contributed by atoms with E-state index in [0.717, 1.165) is 5.56 Å². The highest BCUT2D eigenvalue weighted by atomic mass is 16.7. The van der Waals surface area contributed by atoms with Gasteiger partial charge in [-0.15, -0.1) is 0 Å². The van der Waals surface area contributed by atoms with Crippen molar-refractivity contribution in [3.05, 3.63) is 71.3 Å². The molecule has 37 heavy (non-hydrogen) atoms. The van der Waals surface area contributed by atoms with Gasteiger partial charge in [-0.05, 0) is 18.6 Å². The molecule has 9 nitrogen and oxygen atoms in total. The number of rotatable bonds is 11. The zero-order chi connectivity index (χ0) is 26.5. The van der Waals surface area contributed by atoms with E-state index in [1.165, 1.54) is 20.3 Å². The number of Topliss-reactive ketones (excluding diaryl/α,β-unsaturated/α-hetero) is 1. The lowest BCUT2D eigenvalue weighted by atomic mass is 9.81. The summed E-state index contributed by atoms with van der Waals surface area (Å²) in [7, 11) is 2.96. The number of aromatic nitrogens is 2. The van der Waals surface area contributed by atoms with Gasteiger partial charge in [-0.25, -0.2) is 0 Å². The van der Waals surface area contributed by atoms with Crippen LogP contribution in [0.15, 0.2) is 54.6 Å². The Kier molecular flexibility index (Phi) is 8.06. The number of hydrogen-bond donors (Lipinski definition) is 0. The average molecular weight is 509 g/mol.